The first-order valence-corrected chi connectivity index (χ1v) is 13.0. The summed E-state index contributed by atoms with van der Waals surface area (Å²) in [6, 6.07) is 13.4. The highest BCUT2D eigenvalue weighted by Gasteiger charge is 2.35. The molecular formula is C29H39N3O6. The maximum absolute atomic E-state index is 13.7. The molecule has 1 aliphatic rings. The van der Waals surface area contributed by atoms with Crippen LogP contribution in [-0.4, -0.2) is 57.5 Å². The molecule has 0 N–H and O–H groups in total. The van der Waals surface area contributed by atoms with Crippen LogP contribution >= 0.6 is 0 Å². The number of benzene rings is 2. The quantitative estimate of drug-likeness (QED) is 0.317. The molecule has 1 atom stereocenters. The summed E-state index contributed by atoms with van der Waals surface area (Å²) in [6.07, 6.45) is 1.04. The fraction of sp³-hybridized carbons (Fsp3) is 0.517. The summed E-state index contributed by atoms with van der Waals surface area (Å²) < 4.78 is 11.6. The Morgan fingerprint density at radius 2 is 1.74 bits per heavy atom. The van der Waals surface area contributed by atoms with E-state index in [1.54, 1.807) is 15.9 Å². The monoisotopic (exact) mass is 525 g/mol. The predicted octanol–water partition coefficient (Wildman–Crippen LogP) is 6.16. The highest BCUT2D eigenvalue weighted by Crippen LogP contribution is 2.35. The van der Waals surface area contributed by atoms with Crippen molar-refractivity contribution < 1.29 is 24.0 Å². The Balaban J connectivity index is 1.86. The predicted molar refractivity (Wildman–Crippen MR) is 145 cm³/mol. The molecule has 0 unspecified atom stereocenters. The van der Waals surface area contributed by atoms with Crippen LogP contribution in [0.25, 0.3) is 0 Å². The van der Waals surface area contributed by atoms with Crippen molar-refractivity contribution in [1.82, 2.24) is 9.80 Å². The average Bonchev–Trinajstić information content (AvgIpc) is 2.83. The van der Waals surface area contributed by atoms with Crippen LogP contribution in [0.1, 0.15) is 77.2 Å². The molecule has 2 aromatic carbocycles. The van der Waals surface area contributed by atoms with Gasteiger partial charge in [0, 0.05) is 30.8 Å². The van der Waals surface area contributed by atoms with Crippen LogP contribution < -0.4 is 4.74 Å². The zero-order valence-corrected chi connectivity index (χ0v) is 23.4. The second-order valence-corrected chi connectivity index (χ2v) is 11.4. The number of nitro benzene ring substituents is 1. The number of hydrogen-bond donors (Lipinski definition) is 0. The lowest BCUT2D eigenvalue weighted by molar-refractivity contribution is -0.386. The number of carbonyl (C=O) groups is 2. The van der Waals surface area contributed by atoms with Gasteiger partial charge in [-0.05, 0) is 79.0 Å². The number of likely N-dealkylation sites (tertiary alicyclic amines) is 1. The lowest BCUT2D eigenvalue weighted by Crippen LogP contribution is -2.54. The number of nitrogens with zero attached hydrogens (tertiary/aromatic N) is 3. The van der Waals surface area contributed by atoms with E-state index >= 15 is 0 Å². The summed E-state index contributed by atoms with van der Waals surface area (Å²) >= 11 is 0. The Labute approximate surface area is 224 Å². The molecule has 9 nitrogen and oxygen atoms in total. The summed E-state index contributed by atoms with van der Waals surface area (Å²) in [7, 11) is 0. The van der Waals surface area contributed by atoms with Gasteiger partial charge in [-0.3, -0.25) is 14.9 Å². The molecule has 3 rings (SSSR count). The Hall–Kier alpha value is -3.62. The van der Waals surface area contributed by atoms with Gasteiger partial charge in [0.25, 0.3) is 5.91 Å². The third kappa shape index (κ3) is 7.02. The minimum Gasteiger partial charge on any atom is -0.476 e. The molecule has 9 heteroatoms. The SMILES string of the molecule is CC(C)N(C(=O)c1ccc(OC(C)(C)c2ccccc2)c([N+](=O)[O-])c1)[C@@H]1CCCN(C(=O)OC(C)(C)C)C1. The Bertz CT molecular complexity index is 1160. The molecule has 1 saturated heterocycles. The Morgan fingerprint density at radius 1 is 1.08 bits per heavy atom. The third-order valence-corrected chi connectivity index (χ3v) is 6.47. The number of hydrogen-bond acceptors (Lipinski definition) is 6. The van der Waals surface area contributed by atoms with Crippen LogP contribution in [0.4, 0.5) is 10.5 Å². The van der Waals surface area contributed by atoms with E-state index < -0.39 is 22.2 Å². The summed E-state index contributed by atoms with van der Waals surface area (Å²) in [5.74, 6) is -0.238. The summed E-state index contributed by atoms with van der Waals surface area (Å²) in [5.41, 5.74) is -0.649. The number of amides is 2. The highest BCUT2D eigenvalue weighted by atomic mass is 16.6. The summed E-state index contributed by atoms with van der Waals surface area (Å²) in [4.78, 5) is 41.2. The maximum Gasteiger partial charge on any atom is 0.410 e. The number of ether oxygens (including phenoxy) is 2. The largest absolute Gasteiger partial charge is 0.476 e. The molecule has 2 amide bonds. The van der Waals surface area contributed by atoms with Gasteiger partial charge in [-0.15, -0.1) is 0 Å². The van der Waals surface area contributed by atoms with Crippen LogP contribution in [0.5, 0.6) is 5.75 Å². The Morgan fingerprint density at radius 3 is 2.32 bits per heavy atom. The molecule has 1 aliphatic heterocycles. The number of nitro groups is 1. The summed E-state index contributed by atoms with van der Waals surface area (Å²) in [6.45, 7) is 13.8. The molecule has 0 aliphatic carbocycles. The van der Waals surface area contributed by atoms with Gasteiger partial charge in [0.05, 0.1) is 11.0 Å². The third-order valence-electron chi connectivity index (χ3n) is 6.47. The van der Waals surface area contributed by atoms with Crippen molar-refractivity contribution in [3.8, 4) is 5.75 Å². The van der Waals surface area contributed by atoms with Crippen molar-refractivity contribution in [3.63, 3.8) is 0 Å². The molecule has 1 fully saturated rings. The molecule has 2 aromatic rings. The van der Waals surface area contributed by atoms with Gasteiger partial charge in [0.2, 0.25) is 0 Å². The molecule has 0 bridgehead atoms. The van der Waals surface area contributed by atoms with Gasteiger partial charge < -0.3 is 19.3 Å². The van der Waals surface area contributed by atoms with E-state index in [0.29, 0.717) is 13.1 Å². The zero-order chi connectivity index (χ0) is 28.3. The summed E-state index contributed by atoms with van der Waals surface area (Å²) in [5, 5.41) is 12.0. The first kappa shape index (κ1) is 28.9. The topological polar surface area (TPSA) is 102 Å². The van der Waals surface area contributed by atoms with Gasteiger partial charge in [-0.25, -0.2) is 4.79 Å². The average molecular weight is 526 g/mol. The maximum atomic E-state index is 13.7. The van der Waals surface area contributed by atoms with Crippen LogP contribution in [0.2, 0.25) is 0 Å². The van der Waals surface area contributed by atoms with Crippen LogP contribution in [0.15, 0.2) is 48.5 Å². The molecule has 0 saturated carbocycles. The van der Waals surface area contributed by atoms with Crippen LogP contribution in [0, 0.1) is 10.1 Å². The van der Waals surface area contributed by atoms with E-state index in [2.05, 4.69) is 0 Å². The minimum absolute atomic E-state index is 0.0882. The van der Waals surface area contributed by atoms with Gasteiger partial charge in [0.1, 0.15) is 11.2 Å². The molecular weight excluding hydrogens is 486 g/mol. The van der Waals surface area contributed by atoms with Crippen molar-refractivity contribution in [1.29, 1.82) is 0 Å². The van der Waals surface area contributed by atoms with Gasteiger partial charge in [0.15, 0.2) is 5.75 Å². The van der Waals surface area contributed by atoms with Crippen molar-refractivity contribution in [2.24, 2.45) is 0 Å². The van der Waals surface area contributed by atoms with Crippen LogP contribution in [-0.2, 0) is 10.3 Å². The van der Waals surface area contributed by atoms with E-state index in [-0.39, 0.29) is 35.0 Å². The van der Waals surface area contributed by atoms with E-state index in [1.165, 1.54) is 12.1 Å². The molecule has 1 heterocycles. The molecule has 0 aromatic heterocycles. The number of rotatable bonds is 7. The molecule has 0 spiro atoms. The second-order valence-electron chi connectivity index (χ2n) is 11.4. The lowest BCUT2D eigenvalue weighted by atomic mass is 9.98. The standard InChI is InChI=1S/C29H39N3O6/c1-20(2)31(23-14-11-17-30(19-23)27(34)38-28(3,4)5)26(33)21-15-16-25(24(18-21)32(35)36)37-29(6,7)22-12-9-8-10-13-22/h8-10,12-13,15-16,18,20,23H,11,14,17,19H2,1-7H3/t23-/m1/s1. The van der Waals surface area contributed by atoms with E-state index in [4.69, 9.17) is 9.47 Å². The minimum atomic E-state index is -0.825. The fourth-order valence-corrected chi connectivity index (χ4v) is 4.70. The number of carbonyl (C=O) groups excluding carboxylic acids is 2. The van der Waals surface area contributed by atoms with Gasteiger partial charge >= 0.3 is 11.8 Å². The van der Waals surface area contributed by atoms with Crippen LogP contribution in [0.3, 0.4) is 0 Å². The first-order chi connectivity index (χ1) is 17.7. The normalized spacial score (nSPS) is 16.2. The number of piperidine rings is 1. The fourth-order valence-electron chi connectivity index (χ4n) is 4.70. The smallest absolute Gasteiger partial charge is 0.410 e. The molecule has 206 valence electrons. The van der Waals surface area contributed by atoms with Crippen molar-refractivity contribution in [3.05, 3.63) is 69.8 Å². The Kier molecular flexibility index (Phi) is 8.69. The van der Waals surface area contributed by atoms with E-state index in [1.807, 2.05) is 78.8 Å². The van der Waals surface area contributed by atoms with Crippen molar-refractivity contribution in [2.45, 2.75) is 84.6 Å². The van der Waals surface area contributed by atoms with Crippen molar-refractivity contribution >= 4 is 17.7 Å². The van der Waals surface area contributed by atoms with E-state index in [0.717, 1.165) is 18.4 Å². The second kappa shape index (κ2) is 11.4. The molecule has 0 radical (unpaired) electrons. The molecule has 38 heavy (non-hydrogen) atoms. The van der Waals surface area contributed by atoms with E-state index in [9.17, 15) is 19.7 Å². The van der Waals surface area contributed by atoms with Crippen molar-refractivity contribution in [2.75, 3.05) is 13.1 Å². The first-order valence-electron chi connectivity index (χ1n) is 13.0. The lowest BCUT2D eigenvalue weighted by Gasteiger charge is -2.41. The highest BCUT2D eigenvalue weighted by molar-refractivity contribution is 5.95. The van der Waals surface area contributed by atoms with Gasteiger partial charge in [-0.2, -0.15) is 0 Å². The zero-order valence-electron chi connectivity index (χ0n) is 23.4. The van der Waals surface area contributed by atoms with Gasteiger partial charge in [-0.1, -0.05) is 30.3 Å².